The van der Waals surface area contributed by atoms with Crippen molar-refractivity contribution in [1.82, 2.24) is 10.3 Å². The highest BCUT2D eigenvalue weighted by Crippen LogP contribution is 2.26. The maximum absolute atomic E-state index is 11.7. The van der Waals surface area contributed by atoms with Gasteiger partial charge in [-0.25, -0.2) is 0 Å². The second-order valence-electron chi connectivity index (χ2n) is 3.69. The minimum atomic E-state index is -0.354. The topological polar surface area (TPSA) is 59.1 Å². The molecule has 1 fully saturated rings. The second kappa shape index (κ2) is 4.61. The fourth-order valence-electron chi connectivity index (χ4n) is 1.83. The number of amides is 2. The Morgan fingerprint density at radius 2 is 2.31 bits per heavy atom. The molecule has 1 N–H and O–H groups in total. The lowest BCUT2D eigenvalue weighted by atomic mass is 9.92. The summed E-state index contributed by atoms with van der Waals surface area (Å²) in [5.74, 6) is -0.528. The zero-order valence-corrected chi connectivity index (χ0v) is 9.33. The molecule has 2 rings (SSSR count). The zero-order valence-electron chi connectivity index (χ0n) is 8.57. The standard InChI is InChI=1S/C11H11ClN2O2/c12-6-7-2-1-5-13-10(7)8-3-4-9(15)14-11(8)16/h1-2,5,8H,3-4,6H2,(H,14,15,16). The fourth-order valence-corrected chi connectivity index (χ4v) is 2.06. The molecule has 0 saturated carbocycles. The van der Waals surface area contributed by atoms with Gasteiger partial charge in [-0.1, -0.05) is 6.07 Å². The van der Waals surface area contributed by atoms with Gasteiger partial charge in [0.25, 0.3) is 0 Å². The maximum Gasteiger partial charge on any atom is 0.235 e. The largest absolute Gasteiger partial charge is 0.296 e. The average Bonchev–Trinajstić information content (AvgIpc) is 2.29. The van der Waals surface area contributed by atoms with E-state index in [0.717, 1.165) is 5.56 Å². The highest BCUT2D eigenvalue weighted by atomic mass is 35.5. The highest BCUT2D eigenvalue weighted by molar-refractivity contribution is 6.17. The van der Waals surface area contributed by atoms with Gasteiger partial charge in [0, 0.05) is 18.5 Å². The van der Waals surface area contributed by atoms with Crippen LogP contribution in [0.15, 0.2) is 18.3 Å². The molecule has 1 aliphatic rings. The van der Waals surface area contributed by atoms with Crippen LogP contribution in [0.5, 0.6) is 0 Å². The second-order valence-corrected chi connectivity index (χ2v) is 3.95. The quantitative estimate of drug-likeness (QED) is 0.625. The summed E-state index contributed by atoms with van der Waals surface area (Å²) in [6.45, 7) is 0. The Bertz CT molecular complexity index is 434. The van der Waals surface area contributed by atoms with Crippen LogP contribution < -0.4 is 5.32 Å². The summed E-state index contributed by atoms with van der Waals surface area (Å²) in [5, 5.41) is 2.32. The van der Waals surface area contributed by atoms with Crippen molar-refractivity contribution >= 4 is 23.4 Å². The van der Waals surface area contributed by atoms with Gasteiger partial charge in [-0.3, -0.25) is 19.9 Å². The van der Waals surface area contributed by atoms with Crippen LogP contribution >= 0.6 is 11.6 Å². The van der Waals surface area contributed by atoms with Gasteiger partial charge in [-0.15, -0.1) is 11.6 Å². The lowest BCUT2D eigenvalue weighted by Gasteiger charge is -2.21. The van der Waals surface area contributed by atoms with E-state index in [4.69, 9.17) is 11.6 Å². The Kier molecular flexibility index (Phi) is 3.19. The third kappa shape index (κ3) is 2.07. The number of hydrogen-bond acceptors (Lipinski definition) is 3. The van der Waals surface area contributed by atoms with E-state index in [1.54, 1.807) is 12.3 Å². The number of carbonyl (C=O) groups excluding carboxylic acids is 2. The molecule has 1 saturated heterocycles. The summed E-state index contributed by atoms with van der Waals surface area (Å²) >= 11 is 5.79. The van der Waals surface area contributed by atoms with Crippen LogP contribution in [-0.2, 0) is 15.5 Å². The molecule has 0 bridgehead atoms. The van der Waals surface area contributed by atoms with Gasteiger partial charge in [0.1, 0.15) is 0 Å². The molecule has 2 amide bonds. The molecule has 1 aromatic heterocycles. The number of pyridine rings is 1. The lowest BCUT2D eigenvalue weighted by molar-refractivity contribution is -0.134. The number of nitrogens with zero attached hydrogens (tertiary/aromatic N) is 1. The van der Waals surface area contributed by atoms with Crippen molar-refractivity contribution in [2.24, 2.45) is 0 Å². The summed E-state index contributed by atoms with van der Waals surface area (Å²) in [7, 11) is 0. The number of piperidine rings is 1. The first-order valence-corrected chi connectivity index (χ1v) is 5.59. The predicted octanol–water partition coefficient (Wildman–Crippen LogP) is 1.34. The molecule has 16 heavy (non-hydrogen) atoms. The maximum atomic E-state index is 11.7. The third-order valence-corrected chi connectivity index (χ3v) is 2.93. The minimum Gasteiger partial charge on any atom is -0.296 e. The Labute approximate surface area is 98.0 Å². The number of hydrogen-bond donors (Lipinski definition) is 1. The molecule has 1 aliphatic heterocycles. The van der Waals surface area contributed by atoms with Gasteiger partial charge in [0.2, 0.25) is 11.8 Å². The van der Waals surface area contributed by atoms with Gasteiger partial charge in [0.05, 0.1) is 11.6 Å². The van der Waals surface area contributed by atoms with Gasteiger partial charge in [-0.2, -0.15) is 0 Å². The average molecular weight is 239 g/mol. The van der Waals surface area contributed by atoms with Crippen LogP contribution in [0, 0.1) is 0 Å². The molecule has 4 nitrogen and oxygen atoms in total. The minimum absolute atomic E-state index is 0.218. The van der Waals surface area contributed by atoms with Crippen molar-refractivity contribution in [2.45, 2.75) is 24.6 Å². The van der Waals surface area contributed by atoms with Crippen molar-refractivity contribution < 1.29 is 9.59 Å². The fraction of sp³-hybridized carbons (Fsp3) is 0.364. The molecule has 1 aromatic rings. The van der Waals surface area contributed by atoms with Gasteiger partial charge < -0.3 is 0 Å². The van der Waals surface area contributed by atoms with Gasteiger partial charge in [0.15, 0.2) is 0 Å². The third-order valence-electron chi connectivity index (χ3n) is 2.64. The first-order chi connectivity index (χ1) is 7.72. The van der Waals surface area contributed by atoms with Crippen molar-refractivity contribution in [3.63, 3.8) is 0 Å². The number of rotatable bonds is 2. The van der Waals surface area contributed by atoms with Crippen LogP contribution in [0.25, 0.3) is 0 Å². The Morgan fingerprint density at radius 1 is 1.50 bits per heavy atom. The summed E-state index contributed by atoms with van der Waals surface area (Å²) in [6, 6.07) is 3.63. The monoisotopic (exact) mass is 238 g/mol. The van der Waals surface area contributed by atoms with E-state index in [2.05, 4.69) is 10.3 Å². The van der Waals surface area contributed by atoms with Crippen LogP contribution in [0.2, 0.25) is 0 Å². The molecule has 0 aromatic carbocycles. The van der Waals surface area contributed by atoms with Crippen molar-refractivity contribution in [1.29, 1.82) is 0 Å². The number of halogens is 1. The number of imide groups is 1. The first-order valence-electron chi connectivity index (χ1n) is 5.06. The smallest absolute Gasteiger partial charge is 0.235 e. The van der Waals surface area contributed by atoms with Gasteiger partial charge in [-0.05, 0) is 18.1 Å². The lowest BCUT2D eigenvalue weighted by Crippen LogP contribution is -2.40. The van der Waals surface area contributed by atoms with Crippen LogP contribution in [0.4, 0.5) is 0 Å². The molecular formula is C11H11ClN2O2. The van der Waals surface area contributed by atoms with Crippen molar-refractivity contribution in [2.75, 3.05) is 0 Å². The van der Waals surface area contributed by atoms with E-state index in [0.29, 0.717) is 24.4 Å². The van der Waals surface area contributed by atoms with Crippen LogP contribution in [0.3, 0.4) is 0 Å². The first kappa shape index (κ1) is 11.1. The van der Waals surface area contributed by atoms with E-state index in [1.165, 1.54) is 0 Å². The van der Waals surface area contributed by atoms with E-state index < -0.39 is 0 Å². The normalized spacial score (nSPS) is 20.7. The SMILES string of the molecule is O=C1CCC(c2ncccc2CCl)C(=O)N1. The van der Waals surface area contributed by atoms with E-state index >= 15 is 0 Å². The van der Waals surface area contributed by atoms with E-state index in [9.17, 15) is 9.59 Å². The molecule has 1 unspecified atom stereocenters. The number of nitrogens with one attached hydrogen (secondary N) is 1. The Hall–Kier alpha value is -1.42. The van der Waals surface area contributed by atoms with Gasteiger partial charge >= 0.3 is 0 Å². The Morgan fingerprint density at radius 3 is 3.00 bits per heavy atom. The number of carbonyl (C=O) groups is 2. The number of aromatic nitrogens is 1. The molecule has 2 heterocycles. The van der Waals surface area contributed by atoms with E-state index in [1.807, 2.05) is 6.07 Å². The molecule has 0 radical (unpaired) electrons. The summed E-state index contributed by atoms with van der Waals surface area (Å²) in [4.78, 5) is 26.9. The molecule has 84 valence electrons. The van der Waals surface area contributed by atoms with Crippen LogP contribution in [0.1, 0.15) is 30.0 Å². The summed E-state index contributed by atoms with van der Waals surface area (Å²) in [6.07, 6.45) is 2.50. The summed E-state index contributed by atoms with van der Waals surface area (Å²) in [5.41, 5.74) is 1.53. The zero-order chi connectivity index (χ0) is 11.5. The molecule has 5 heteroatoms. The van der Waals surface area contributed by atoms with Crippen molar-refractivity contribution in [3.05, 3.63) is 29.6 Å². The molecular weight excluding hydrogens is 228 g/mol. The highest BCUT2D eigenvalue weighted by Gasteiger charge is 2.30. The Balaban J connectivity index is 2.30. The van der Waals surface area contributed by atoms with Crippen LogP contribution in [-0.4, -0.2) is 16.8 Å². The number of alkyl halides is 1. The predicted molar refractivity (Wildman–Crippen MR) is 58.9 cm³/mol. The van der Waals surface area contributed by atoms with E-state index in [-0.39, 0.29) is 17.7 Å². The van der Waals surface area contributed by atoms with Crippen molar-refractivity contribution in [3.8, 4) is 0 Å². The molecule has 1 atom stereocenters. The molecule has 0 spiro atoms. The summed E-state index contributed by atoms with van der Waals surface area (Å²) < 4.78 is 0. The molecule has 0 aliphatic carbocycles.